The third-order valence-electron chi connectivity index (χ3n) is 2.89. The van der Waals surface area contributed by atoms with Crippen molar-refractivity contribution in [3.8, 4) is 0 Å². The summed E-state index contributed by atoms with van der Waals surface area (Å²) in [5.41, 5.74) is 2.38. The maximum Gasteiger partial charge on any atom is 0.307 e. The first-order chi connectivity index (χ1) is 9.04. The Morgan fingerprint density at radius 2 is 1.95 bits per heavy atom. The molecule has 0 N–H and O–H groups in total. The lowest BCUT2D eigenvalue weighted by atomic mass is 9.93. The number of carbonyl (C=O) groups is 1. The predicted octanol–water partition coefficient (Wildman–Crippen LogP) is 4.28. The highest BCUT2D eigenvalue weighted by Crippen LogP contribution is 2.23. The predicted molar refractivity (Wildman–Crippen MR) is 78.6 cm³/mol. The molecule has 0 aliphatic heterocycles. The Morgan fingerprint density at radius 1 is 1.32 bits per heavy atom. The van der Waals surface area contributed by atoms with Crippen LogP contribution in [0.25, 0.3) is 0 Å². The van der Waals surface area contributed by atoms with Gasteiger partial charge in [-0.15, -0.1) is 6.58 Å². The fourth-order valence-electron chi connectivity index (χ4n) is 1.98. The van der Waals surface area contributed by atoms with Crippen molar-refractivity contribution < 1.29 is 9.53 Å². The molecule has 0 fully saturated rings. The molecule has 0 heterocycles. The molecule has 0 amide bonds. The van der Waals surface area contributed by atoms with Crippen LogP contribution in [0.2, 0.25) is 0 Å². The molecule has 0 atom stereocenters. The molecule has 1 rings (SSSR count). The number of esters is 1. The van der Waals surface area contributed by atoms with Crippen LogP contribution in [-0.2, 0) is 16.0 Å². The van der Waals surface area contributed by atoms with E-state index in [1.165, 1.54) is 12.5 Å². The third kappa shape index (κ3) is 5.12. The number of benzene rings is 1. The molecule has 0 saturated heterocycles. The third-order valence-corrected chi connectivity index (χ3v) is 2.89. The van der Waals surface area contributed by atoms with Crippen LogP contribution in [0, 0.1) is 5.92 Å². The number of rotatable bonds is 6. The largest absolute Gasteiger partial charge is 0.431 e. The summed E-state index contributed by atoms with van der Waals surface area (Å²) in [6.07, 6.45) is 3.15. The van der Waals surface area contributed by atoms with Gasteiger partial charge in [0.2, 0.25) is 0 Å². The van der Waals surface area contributed by atoms with E-state index in [1.54, 1.807) is 6.08 Å². The second-order valence-electron chi connectivity index (χ2n) is 4.85. The van der Waals surface area contributed by atoms with Gasteiger partial charge in [0, 0.05) is 13.3 Å². The molecule has 19 heavy (non-hydrogen) atoms. The minimum atomic E-state index is -0.275. The van der Waals surface area contributed by atoms with Gasteiger partial charge in [0.05, 0.1) is 0 Å². The molecule has 2 nitrogen and oxygen atoms in total. The van der Waals surface area contributed by atoms with E-state index < -0.39 is 0 Å². The van der Waals surface area contributed by atoms with Gasteiger partial charge >= 0.3 is 5.97 Å². The van der Waals surface area contributed by atoms with Gasteiger partial charge in [0.25, 0.3) is 0 Å². The van der Waals surface area contributed by atoms with E-state index in [0.29, 0.717) is 12.3 Å². The number of ether oxygens (including phenoxy) is 1. The van der Waals surface area contributed by atoms with Gasteiger partial charge in [-0.25, -0.2) is 0 Å². The van der Waals surface area contributed by atoms with Crippen molar-refractivity contribution in [3.05, 3.63) is 59.9 Å². The van der Waals surface area contributed by atoms with E-state index in [-0.39, 0.29) is 5.97 Å². The average molecular weight is 258 g/mol. The fourth-order valence-corrected chi connectivity index (χ4v) is 1.98. The molecule has 0 aromatic heterocycles. The average Bonchev–Trinajstić information content (AvgIpc) is 2.36. The van der Waals surface area contributed by atoms with Crippen LogP contribution in [0.1, 0.15) is 32.8 Å². The van der Waals surface area contributed by atoms with Crippen LogP contribution in [0.4, 0.5) is 0 Å². The second-order valence-corrected chi connectivity index (χ2v) is 4.85. The van der Waals surface area contributed by atoms with Crippen molar-refractivity contribution in [2.75, 3.05) is 0 Å². The van der Waals surface area contributed by atoms with Crippen LogP contribution in [0.15, 0.2) is 54.3 Å². The van der Waals surface area contributed by atoms with Gasteiger partial charge in [-0.1, -0.05) is 50.3 Å². The molecule has 1 aromatic rings. The first-order valence-electron chi connectivity index (χ1n) is 6.59. The van der Waals surface area contributed by atoms with Crippen LogP contribution in [-0.4, -0.2) is 5.97 Å². The normalized spacial score (nSPS) is 12.0. The number of hydrogen-bond acceptors (Lipinski definition) is 2. The highest BCUT2D eigenvalue weighted by atomic mass is 16.5. The Morgan fingerprint density at radius 3 is 2.42 bits per heavy atom. The Kier molecular flexibility index (Phi) is 6.07. The molecule has 0 unspecified atom stereocenters. The first kappa shape index (κ1) is 15.2. The topological polar surface area (TPSA) is 26.3 Å². The van der Waals surface area contributed by atoms with E-state index in [4.69, 9.17) is 4.74 Å². The molecule has 0 bridgehead atoms. The van der Waals surface area contributed by atoms with E-state index in [9.17, 15) is 4.79 Å². The Labute approximate surface area is 115 Å². The molecule has 2 heteroatoms. The summed E-state index contributed by atoms with van der Waals surface area (Å²) < 4.78 is 5.36. The Balaban J connectivity index is 3.06. The molecule has 102 valence electrons. The van der Waals surface area contributed by atoms with Crippen LogP contribution in [0.5, 0.6) is 0 Å². The number of hydrogen-bond donors (Lipinski definition) is 0. The summed E-state index contributed by atoms with van der Waals surface area (Å²) in [6.45, 7) is 9.40. The van der Waals surface area contributed by atoms with Gasteiger partial charge in [0.15, 0.2) is 0 Å². The highest BCUT2D eigenvalue weighted by Gasteiger charge is 2.14. The Bertz CT molecular complexity index is 455. The fraction of sp³-hybridized carbons (Fsp3) is 0.353. The van der Waals surface area contributed by atoms with Crippen molar-refractivity contribution in [3.63, 3.8) is 0 Å². The highest BCUT2D eigenvalue weighted by molar-refractivity contribution is 5.67. The summed E-state index contributed by atoms with van der Waals surface area (Å²) in [4.78, 5) is 11.2. The summed E-state index contributed by atoms with van der Waals surface area (Å²) in [5, 5.41) is 0. The van der Waals surface area contributed by atoms with E-state index in [2.05, 4.69) is 32.6 Å². The second kappa shape index (κ2) is 7.57. The first-order valence-corrected chi connectivity index (χ1v) is 6.59. The Hall–Kier alpha value is -1.83. The monoisotopic (exact) mass is 258 g/mol. The van der Waals surface area contributed by atoms with E-state index in [1.807, 2.05) is 18.2 Å². The molecule has 0 aliphatic rings. The minimum absolute atomic E-state index is 0.275. The maximum atomic E-state index is 11.2. The van der Waals surface area contributed by atoms with Gasteiger partial charge < -0.3 is 4.74 Å². The molecule has 0 aliphatic carbocycles. The molecule has 0 radical (unpaired) electrons. The maximum absolute atomic E-state index is 11.2. The molecule has 0 spiro atoms. The molecular formula is C17H22O2. The lowest BCUT2D eigenvalue weighted by molar-refractivity contribution is -0.137. The lowest BCUT2D eigenvalue weighted by Crippen LogP contribution is -2.08. The zero-order valence-corrected chi connectivity index (χ0v) is 12.0. The van der Waals surface area contributed by atoms with Crippen molar-refractivity contribution >= 4 is 5.97 Å². The number of carbonyl (C=O) groups excluding carboxylic acids is 1. The van der Waals surface area contributed by atoms with Crippen LogP contribution in [0.3, 0.4) is 0 Å². The smallest absolute Gasteiger partial charge is 0.307 e. The zero-order chi connectivity index (χ0) is 14.3. The van der Waals surface area contributed by atoms with Gasteiger partial charge in [-0.2, -0.15) is 0 Å². The molecular weight excluding hydrogens is 236 g/mol. The van der Waals surface area contributed by atoms with Gasteiger partial charge in [-0.3, -0.25) is 4.79 Å². The molecule has 0 saturated carbocycles. The van der Waals surface area contributed by atoms with Crippen LogP contribution >= 0.6 is 0 Å². The van der Waals surface area contributed by atoms with Crippen LogP contribution < -0.4 is 0 Å². The lowest BCUT2D eigenvalue weighted by Gasteiger charge is -2.17. The summed E-state index contributed by atoms with van der Waals surface area (Å²) >= 11 is 0. The van der Waals surface area contributed by atoms with Crippen molar-refractivity contribution in [1.29, 1.82) is 0 Å². The van der Waals surface area contributed by atoms with Gasteiger partial charge in [-0.05, 0) is 23.5 Å². The van der Waals surface area contributed by atoms with Gasteiger partial charge in [0.1, 0.15) is 5.76 Å². The quantitative estimate of drug-likeness (QED) is 0.432. The van der Waals surface area contributed by atoms with Crippen molar-refractivity contribution in [2.24, 2.45) is 5.92 Å². The van der Waals surface area contributed by atoms with Crippen molar-refractivity contribution in [2.45, 2.75) is 33.6 Å². The van der Waals surface area contributed by atoms with E-state index in [0.717, 1.165) is 17.8 Å². The summed E-state index contributed by atoms with van der Waals surface area (Å²) in [7, 11) is 0. The van der Waals surface area contributed by atoms with E-state index >= 15 is 0 Å². The summed E-state index contributed by atoms with van der Waals surface area (Å²) in [5.74, 6) is 0.791. The zero-order valence-electron chi connectivity index (χ0n) is 12.0. The minimum Gasteiger partial charge on any atom is -0.431 e. The SMILES string of the molecule is C=CC/C(OC(C)=O)=C(\Cc1ccccc1)C(C)C. The standard InChI is InChI=1S/C17H22O2/c1-5-9-17(19-14(4)18)16(13(2)3)12-15-10-7-6-8-11-15/h5-8,10-11,13H,1,9,12H2,2-4H3/b17-16-. The van der Waals surface area contributed by atoms with Crippen molar-refractivity contribution in [1.82, 2.24) is 0 Å². The molecule has 1 aromatic carbocycles. The number of allylic oxidation sites excluding steroid dienone is 2. The summed E-state index contributed by atoms with van der Waals surface area (Å²) in [6, 6.07) is 10.2.